The smallest absolute Gasteiger partial charge is 0.303 e. The summed E-state index contributed by atoms with van der Waals surface area (Å²) in [6, 6.07) is -2.44. The summed E-state index contributed by atoms with van der Waals surface area (Å²) in [5, 5.41) is 40.8. The number of carbonyl (C=O) groups is 7. The van der Waals surface area contributed by atoms with E-state index in [9.17, 15) is 33.6 Å². The Hall–Kier alpha value is -3.39. The number of amides is 2. The van der Waals surface area contributed by atoms with Gasteiger partial charge in [-0.2, -0.15) is 0 Å². The maximum absolute atomic E-state index is 12.9. The lowest BCUT2D eigenvalue weighted by molar-refractivity contribution is -0.140. The van der Waals surface area contributed by atoms with Crippen LogP contribution in [0.3, 0.4) is 0 Å². The first-order valence-electron chi connectivity index (χ1n) is 13.0. The Kier molecular flexibility index (Phi) is 17.9. The number of carboxylic acids is 3. The van der Waals surface area contributed by atoms with Crippen molar-refractivity contribution < 1.29 is 54.0 Å². The van der Waals surface area contributed by atoms with Crippen LogP contribution in [0.1, 0.15) is 77.6 Å². The van der Waals surface area contributed by atoms with Crippen LogP contribution in [0.15, 0.2) is 0 Å². The Morgan fingerprint density at radius 2 is 1.28 bits per heavy atom. The van der Waals surface area contributed by atoms with Gasteiger partial charge in [-0.3, -0.25) is 33.6 Å². The first-order valence-corrected chi connectivity index (χ1v) is 13.0. The van der Waals surface area contributed by atoms with Crippen molar-refractivity contribution in [2.45, 2.75) is 89.6 Å². The second-order valence-electron chi connectivity index (χ2n) is 9.35. The van der Waals surface area contributed by atoms with Crippen LogP contribution in [0.4, 0.5) is 0 Å². The van der Waals surface area contributed by atoms with Crippen molar-refractivity contribution >= 4 is 41.3 Å². The molecular formula is C25H41N3O11. The highest BCUT2D eigenvalue weighted by Crippen LogP contribution is 2.16. The number of unbranched alkanes of at least 4 members (excludes halogenated alkanes) is 1. The van der Waals surface area contributed by atoms with Gasteiger partial charge in [0.15, 0.2) is 5.78 Å². The standard InChI is InChI=1S/C25H41N3O11/c1-2-15(20(31)14-29)5-3-4-12-27-25(39)18(8-11-23(36)37)28-24(38)16(6-9-21(32)33)13-19(30)17(26)7-10-22(34)35/h15-18,29H,2-14,26H2,1H3,(H,27,39)(H,28,38)(H,32,33)(H,34,35)(H,36,37)/t15-,16+,17-,18-/m0/s1. The Balaban J connectivity index is 5.23. The molecule has 0 bridgehead atoms. The molecule has 222 valence electrons. The van der Waals surface area contributed by atoms with E-state index in [2.05, 4.69) is 10.6 Å². The molecule has 39 heavy (non-hydrogen) atoms. The van der Waals surface area contributed by atoms with Crippen molar-refractivity contribution in [3.63, 3.8) is 0 Å². The van der Waals surface area contributed by atoms with Gasteiger partial charge in [0.25, 0.3) is 0 Å². The lowest BCUT2D eigenvalue weighted by atomic mass is 9.91. The number of carboxylic acid groups (broad SMARTS) is 3. The largest absolute Gasteiger partial charge is 0.481 e. The Morgan fingerprint density at radius 3 is 1.82 bits per heavy atom. The number of rotatable bonds is 23. The maximum Gasteiger partial charge on any atom is 0.303 e. The van der Waals surface area contributed by atoms with Crippen LogP contribution >= 0.6 is 0 Å². The SMILES string of the molecule is CC[C@@H](CCCCNC(=O)[C@H](CCC(=O)O)NC(=O)[C@H](CCC(=O)O)CC(=O)[C@@H](N)CCC(=O)O)C(=O)CO. The highest BCUT2D eigenvalue weighted by molar-refractivity contribution is 5.93. The summed E-state index contributed by atoms with van der Waals surface area (Å²) in [5.74, 6) is -7.43. The van der Waals surface area contributed by atoms with E-state index >= 15 is 0 Å². The molecule has 8 N–H and O–H groups in total. The van der Waals surface area contributed by atoms with Gasteiger partial charge < -0.3 is 36.8 Å². The average Bonchev–Trinajstić information content (AvgIpc) is 2.88. The van der Waals surface area contributed by atoms with Gasteiger partial charge in [0.1, 0.15) is 18.4 Å². The van der Waals surface area contributed by atoms with Crippen LogP contribution in [0.5, 0.6) is 0 Å². The maximum atomic E-state index is 12.9. The number of ketones is 2. The first-order chi connectivity index (χ1) is 18.3. The number of aliphatic hydroxyl groups is 1. The molecule has 0 heterocycles. The minimum Gasteiger partial charge on any atom is -0.481 e. The van der Waals surface area contributed by atoms with Gasteiger partial charge in [0.05, 0.1) is 6.04 Å². The first kappa shape index (κ1) is 35.6. The van der Waals surface area contributed by atoms with E-state index in [0.29, 0.717) is 25.7 Å². The number of hydrogen-bond donors (Lipinski definition) is 7. The zero-order chi connectivity index (χ0) is 30.0. The predicted octanol–water partition coefficient (Wildman–Crippen LogP) is -0.158. The van der Waals surface area contributed by atoms with Crippen LogP contribution in [-0.4, -0.2) is 87.0 Å². The Bertz CT molecular complexity index is 862. The van der Waals surface area contributed by atoms with Crippen LogP contribution < -0.4 is 16.4 Å². The van der Waals surface area contributed by atoms with Crippen LogP contribution in [0.25, 0.3) is 0 Å². The molecule has 0 saturated carbocycles. The van der Waals surface area contributed by atoms with Crippen LogP contribution in [-0.2, 0) is 33.6 Å². The second-order valence-corrected chi connectivity index (χ2v) is 9.35. The molecule has 0 aliphatic heterocycles. The summed E-state index contributed by atoms with van der Waals surface area (Å²) in [4.78, 5) is 82.6. The molecule has 0 aromatic rings. The van der Waals surface area contributed by atoms with E-state index < -0.39 is 79.4 Å². The third kappa shape index (κ3) is 16.2. The van der Waals surface area contributed by atoms with Crippen molar-refractivity contribution in [2.75, 3.05) is 13.2 Å². The zero-order valence-electron chi connectivity index (χ0n) is 22.2. The molecule has 0 saturated heterocycles. The lowest BCUT2D eigenvalue weighted by Gasteiger charge is -2.22. The highest BCUT2D eigenvalue weighted by atomic mass is 16.4. The van der Waals surface area contributed by atoms with E-state index in [0.717, 1.165) is 0 Å². The molecule has 0 aliphatic carbocycles. The number of nitrogens with one attached hydrogen (secondary N) is 2. The van der Waals surface area contributed by atoms with E-state index in [1.807, 2.05) is 6.92 Å². The molecule has 14 nitrogen and oxygen atoms in total. The highest BCUT2D eigenvalue weighted by Gasteiger charge is 2.29. The minimum atomic E-state index is -1.27. The molecule has 0 radical (unpaired) electrons. The number of aliphatic carboxylic acids is 3. The van der Waals surface area contributed by atoms with Gasteiger partial charge in [-0.15, -0.1) is 0 Å². The van der Waals surface area contributed by atoms with Crippen molar-refractivity contribution in [3.05, 3.63) is 0 Å². The van der Waals surface area contributed by atoms with Gasteiger partial charge in [-0.05, 0) is 38.5 Å². The van der Waals surface area contributed by atoms with Crippen LogP contribution in [0.2, 0.25) is 0 Å². The number of Topliss-reactive ketones (excluding diaryl/α,β-unsaturated/α-hetero) is 2. The number of carbonyl (C=O) groups excluding carboxylic acids is 4. The molecule has 0 aliphatic rings. The van der Waals surface area contributed by atoms with Gasteiger partial charge in [-0.1, -0.05) is 13.3 Å². The van der Waals surface area contributed by atoms with Crippen molar-refractivity contribution in [3.8, 4) is 0 Å². The molecule has 14 heteroatoms. The number of aliphatic hydroxyl groups excluding tert-OH is 1. The topological polar surface area (TPSA) is 250 Å². The fourth-order valence-corrected chi connectivity index (χ4v) is 3.86. The summed E-state index contributed by atoms with van der Waals surface area (Å²) in [6.07, 6.45) is -0.251. The Labute approximate surface area is 226 Å². The molecule has 0 fully saturated rings. The van der Waals surface area contributed by atoms with Gasteiger partial charge in [0, 0.05) is 44.1 Å². The summed E-state index contributed by atoms with van der Waals surface area (Å²) >= 11 is 0. The lowest BCUT2D eigenvalue weighted by Crippen LogP contribution is -2.49. The average molecular weight is 560 g/mol. The van der Waals surface area contributed by atoms with Gasteiger partial charge >= 0.3 is 17.9 Å². The second kappa shape index (κ2) is 19.6. The molecule has 0 spiro atoms. The number of hydrogen-bond acceptors (Lipinski definition) is 9. The van der Waals surface area contributed by atoms with E-state index in [-0.39, 0.29) is 43.9 Å². The molecule has 0 aromatic heterocycles. The quantitative estimate of drug-likeness (QED) is 0.0807. The third-order valence-electron chi connectivity index (χ3n) is 6.27. The molecule has 4 atom stereocenters. The zero-order valence-corrected chi connectivity index (χ0v) is 22.2. The predicted molar refractivity (Wildman–Crippen MR) is 136 cm³/mol. The molecule has 2 amide bonds. The Morgan fingerprint density at radius 1 is 0.718 bits per heavy atom. The number of nitrogens with two attached hydrogens (primary N) is 1. The summed E-state index contributed by atoms with van der Waals surface area (Å²) in [5.41, 5.74) is 5.71. The molecule has 0 unspecified atom stereocenters. The molecule has 0 aromatic carbocycles. The van der Waals surface area contributed by atoms with Gasteiger partial charge in [-0.25, -0.2) is 0 Å². The summed E-state index contributed by atoms with van der Waals surface area (Å²) in [7, 11) is 0. The normalized spacial score (nSPS) is 13.9. The summed E-state index contributed by atoms with van der Waals surface area (Å²) in [6.45, 7) is 1.48. The van der Waals surface area contributed by atoms with Gasteiger partial charge in [0.2, 0.25) is 11.8 Å². The van der Waals surface area contributed by atoms with Crippen LogP contribution in [0, 0.1) is 11.8 Å². The van der Waals surface area contributed by atoms with Crippen molar-refractivity contribution in [2.24, 2.45) is 17.6 Å². The molecular weight excluding hydrogens is 518 g/mol. The van der Waals surface area contributed by atoms with Crippen molar-refractivity contribution in [1.29, 1.82) is 0 Å². The van der Waals surface area contributed by atoms with E-state index in [4.69, 9.17) is 26.2 Å². The third-order valence-corrected chi connectivity index (χ3v) is 6.27. The van der Waals surface area contributed by atoms with E-state index in [1.165, 1.54) is 0 Å². The fraction of sp³-hybridized carbons (Fsp3) is 0.720. The van der Waals surface area contributed by atoms with E-state index in [1.54, 1.807) is 0 Å². The minimum absolute atomic E-state index is 0.168. The monoisotopic (exact) mass is 559 g/mol. The molecule has 0 rings (SSSR count). The fourth-order valence-electron chi connectivity index (χ4n) is 3.86. The summed E-state index contributed by atoms with van der Waals surface area (Å²) < 4.78 is 0. The van der Waals surface area contributed by atoms with Crippen molar-refractivity contribution in [1.82, 2.24) is 10.6 Å².